The lowest BCUT2D eigenvalue weighted by atomic mass is 9.95. The van der Waals surface area contributed by atoms with Gasteiger partial charge in [0.2, 0.25) is 5.78 Å². The molecule has 1 aromatic heterocycles. The van der Waals surface area contributed by atoms with Gasteiger partial charge in [-0.2, -0.15) is 0 Å². The average Bonchev–Trinajstić information content (AvgIpc) is 3.16. The topological polar surface area (TPSA) is 49.5 Å². The van der Waals surface area contributed by atoms with Crippen LogP contribution in [0.1, 0.15) is 40.5 Å². The zero-order valence-electron chi connectivity index (χ0n) is 15.9. The molecule has 5 heteroatoms. The van der Waals surface area contributed by atoms with Crippen LogP contribution in [0.2, 0.25) is 0 Å². The van der Waals surface area contributed by atoms with E-state index >= 15 is 0 Å². The number of para-hydroxylation sites is 1. The minimum absolute atomic E-state index is 0.0666. The second-order valence-corrected chi connectivity index (χ2v) is 7.15. The van der Waals surface area contributed by atoms with Gasteiger partial charge in [-0.05, 0) is 25.1 Å². The van der Waals surface area contributed by atoms with E-state index in [0.717, 1.165) is 22.5 Å². The summed E-state index contributed by atoms with van der Waals surface area (Å²) >= 11 is 0. The standard InChI is InChI=1S/C24H20F2N2O/c1-15(18-12-11-17(25)13-21(18)26)28-23(16-7-3-2-4-8-16)24(29)20-14-27-22-10-6-5-9-19(20)22/h2-15,23,27-28H,1H3/p+1/t15-,23-/m1/s1. The summed E-state index contributed by atoms with van der Waals surface area (Å²) in [5, 5.41) is 2.68. The molecule has 0 saturated carbocycles. The molecule has 29 heavy (non-hydrogen) atoms. The smallest absolute Gasteiger partial charge is 0.226 e. The molecule has 2 atom stereocenters. The van der Waals surface area contributed by atoms with Crippen LogP contribution in [0.5, 0.6) is 0 Å². The predicted molar refractivity (Wildman–Crippen MR) is 109 cm³/mol. The number of hydrogen-bond donors (Lipinski definition) is 2. The maximum absolute atomic E-state index is 14.3. The quantitative estimate of drug-likeness (QED) is 0.460. The van der Waals surface area contributed by atoms with Crippen molar-refractivity contribution in [2.75, 3.05) is 0 Å². The number of carbonyl (C=O) groups excluding carboxylic acids is 1. The van der Waals surface area contributed by atoms with Crippen LogP contribution in [0, 0.1) is 11.6 Å². The fourth-order valence-corrected chi connectivity index (χ4v) is 3.72. The number of H-pyrrole nitrogens is 1. The fourth-order valence-electron chi connectivity index (χ4n) is 3.72. The molecule has 0 amide bonds. The summed E-state index contributed by atoms with van der Waals surface area (Å²) in [5.74, 6) is -1.30. The van der Waals surface area contributed by atoms with Crippen molar-refractivity contribution in [2.24, 2.45) is 0 Å². The Morgan fingerprint density at radius 2 is 1.69 bits per heavy atom. The monoisotopic (exact) mass is 391 g/mol. The van der Waals surface area contributed by atoms with Crippen molar-refractivity contribution in [3.8, 4) is 0 Å². The van der Waals surface area contributed by atoms with Crippen molar-refractivity contribution in [2.45, 2.75) is 19.0 Å². The minimum Gasteiger partial charge on any atom is -0.360 e. The highest BCUT2D eigenvalue weighted by Crippen LogP contribution is 2.24. The highest BCUT2D eigenvalue weighted by atomic mass is 19.1. The van der Waals surface area contributed by atoms with Gasteiger partial charge in [0.05, 0.1) is 0 Å². The van der Waals surface area contributed by atoms with E-state index in [1.54, 1.807) is 6.20 Å². The summed E-state index contributed by atoms with van der Waals surface area (Å²) in [4.78, 5) is 16.7. The molecule has 0 saturated heterocycles. The van der Waals surface area contributed by atoms with Crippen molar-refractivity contribution in [1.82, 2.24) is 4.98 Å². The number of aromatic nitrogens is 1. The largest absolute Gasteiger partial charge is 0.360 e. The second-order valence-electron chi connectivity index (χ2n) is 7.15. The fraction of sp³-hybridized carbons (Fsp3) is 0.125. The Bertz CT molecular complexity index is 1150. The summed E-state index contributed by atoms with van der Waals surface area (Å²) in [5.41, 5.74) is 2.67. The van der Waals surface area contributed by atoms with Crippen LogP contribution in [0.25, 0.3) is 10.9 Å². The molecule has 0 aliphatic rings. The molecule has 146 valence electrons. The molecule has 0 unspecified atom stereocenters. The van der Waals surface area contributed by atoms with Gasteiger partial charge in [-0.3, -0.25) is 4.79 Å². The number of nitrogens with two attached hydrogens (primary N) is 1. The van der Waals surface area contributed by atoms with Gasteiger partial charge in [0, 0.05) is 39.9 Å². The summed E-state index contributed by atoms with van der Waals surface area (Å²) < 4.78 is 27.6. The molecular weight excluding hydrogens is 370 g/mol. The van der Waals surface area contributed by atoms with E-state index in [-0.39, 0.29) is 11.8 Å². The lowest BCUT2D eigenvalue weighted by Gasteiger charge is -2.20. The molecule has 0 fully saturated rings. The van der Waals surface area contributed by atoms with Gasteiger partial charge in [0.25, 0.3) is 0 Å². The maximum Gasteiger partial charge on any atom is 0.226 e. The van der Waals surface area contributed by atoms with Gasteiger partial charge < -0.3 is 10.3 Å². The molecule has 3 nitrogen and oxygen atoms in total. The van der Waals surface area contributed by atoms with Crippen molar-refractivity contribution in [3.05, 3.63) is 107 Å². The SMILES string of the molecule is C[C@@H]([NH2+][C@@H](C(=O)c1c[nH]c2ccccc12)c1ccccc1)c1ccc(F)cc1F. The van der Waals surface area contributed by atoms with Crippen LogP contribution in [0.4, 0.5) is 8.78 Å². The molecule has 4 aromatic rings. The molecule has 0 aliphatic heterocycles. The molecule has 4 rings (SSSR count). The normalized spacial score (nSPS) is 13.3. The summed E-state index contributed by atoms with van der Waals surface area (Å²) in [6.07, 6.45) is 1.72. The van der Waals surface area contributed by atoms with E-state index in [1.807, 2.05) is 66.8 Å². The number of quaternary nitrogens is 1. The highest BCUT2D eigenvalue weighted by Gasteiger charge is 2.30. The number of carbonyl (C=O) groups is 1. The van der Waals surface area contributed by atoms with E-state index < -0.39 is 17.7 Å². The molecular formula is C24H21F2N2O+. The number of halogens is 2. The third-order valence-electron chi connectivity index (χ3n) is 5.23. The van der Waals surface area contributed by atoms with Gasteiger partial charge in [-0.15, -0.1) is 0 Å². The first-order valence-corrected chi connectivity index (χ1v) is 9.50. The Morgan fingerprint density at radius 3 is 2.45 bits per heavy atom. The Morgan fingerprint density at radius 1 is 0.966 bits per heavy atom. The summed E-state index contributed by atoms with van der Waals surface area (Å²) in [6.45, 7) is 1.81. The Balaban J connectivity index is 1.71. The van der Waals surface area contributed by atoms with Crippen LogP contribution < -0.4 is 5.32 Å². The number of Topliss-reactive ketones (excluding diaryl/α,β-unsaturated/α-hetero) is 1. The third-order valence-corrected chi connectivity index (χ3v) is 5.23. The summed E-state index contributed by atoms with van der Waals surface area (Å²) in [7, 11) is 0. The lowest BCUT2D eigenvalue weighted by molar-refractivity contribution is -0.718. The number of fused-ring (bicyclic) bond motifs is 1. The zero-order chi connectivity index (χ0) is 20.4. The van der Waals surface area contributed by atoms with Gasteiger partial charge in [0.1, 0.15) is 17.7 Å². The van der Waals surface area contributed by atoms with Crippen molar-refractivity contribution < 1.29 is 18.9 Å². The van der Waals surface area contributed by atoms with Gasteiger partial charge >= 0.3 is 0 Å². The first-order chi connectivity index (χ1) is 14.0. The zero-order valence-corrected chi connectivity index (χ0v) is 15.9. The first kappa shape index (κ1) is 19.0. The Hall–Kier alpha value is -3.31. The second kappa shape index (κ2) is 7.97. The van der Waals surface area contributed by atoms with Crippen molar-refractivity contribution >= 4 is 16.7 Å². The molecule has 0 bridgehead atoms. The molecule has 0 spiro atoms. The van der Waals surface area contributed by atoms with Crippen LogP contribution in [-0.2, 0) is 0 Å². The molecule has 0 radical (unpaired) electrons. The third kappa shape index (κ3) is 3.82. The predicted octanol–water partition coefficient (Wildman–Crippen LogP) is 4.69. The number of benzene rings is 3. The number of hydrogen-bond acceptors (Lipinski definition) is 1. The van der Waals surface area contributed by atoms with Crippen molar-refractivity contribution in [1.29, 1.82) is 0 Å². The van der Waals surface area contributed by atoms with Gasteiger partial charge in [-0.25, -0.2) is 8.78 Å². The van der Waals surface area contributed by atoms with Gasteiger partial charge in [0.15, 0.2) is 6.04 Å². The highest BCUT2D eigenvalue weighted by molar-refractivity contribution is 6.09. The number of aromatic amines is 1. The van der Waals surface area contributed by atoms with E-state index in [4.69, 9.17) is 0 Å². The van der Waals surface area contributed by atoms with E-state index in [1.165, 1.54) is 12.1 Å². The number of rotatable bonds is 6. The van der Waals surface area contributed by atoms with Crippen LogP contribution >= 0.6 is 0 Å². The number of nitrogens with one attached hydrogen (secondary N) is 1. The van der Waals surface area contributed by atoms with E-state index in [2.05, 4.69) is 4.98 Å². The maximum atomic E-state index is 14.3. The molecule has 3 aromatic carbocycles. The van der Waals surface area contributed by atoms with Crippen molar-refractivity contribution in [3.63, 3.8) is 0 Å². The van der Waals surface area contributed by atoms with E-state index in [0.29, 0.717) is 11.1 Å². The minimum atomic E-state index is -0.618. The first-order valence-electron chi connectivity index (χ1n) is 9.50. The summed E-state index contributed by atoms with van der Waals surface area (Å²) in [6, 6.07) is 19.7. The van der Waals surface area contributed by atoms with Crippen LogP contribution in [-0.4, -0.2) is 10.8 Å². The number of ketones is 1. The Kier molecular flexibility index (Phi) is 5.23. The Labute approximate surface area is 167 Å². The van der Waals surface area contributed by atoms with Crippen LogP contribution in [0.3, 0.4) is 0 Å². The van der Waals surface area contributed by atoms with Crippen LogP contribution in [0.15, 0.2) is 79.0 Å². The van der Waals surface area contributed by atoms with E-state index in [9.17, 15) is 13.6 Å². The molecule has 0 aliphatic carbocycles. The van der Waals surface area contributed by atoms with Gasteiger partial charge in [-0.1, -0.05) is 48.5 Å². The average molecular weight is 391 g/mol. The molecule has 3 N–H and O–H groups in total. The lowest BCUT2D eigenvalue weighted by Crippen LogP contribution is -2.87. The molecule has 1 heterocycles.